The van der Waals surface area contributed by atoms with Crippen LogP contribution in [0.25, 0.3) is 0 Å². The van der Waals surface area contributed by atoms with Gasteiger partial charge in [-0.05, 0) is 43.5 Å². The summed E-state index contributed by atoms with van der Waals surface area (Å²) < 4.78 is 5.75. The fraction of sp³-hybridized carbons (Fsp3) is 0.588. The van der Waals surface area contributed by atoms with Crippen LogP contribution >= 0.6 is 0 Å². The Hall–Kier alpha value is -1.37. The fourth-order valence-corrected chi connectivity index (χ4v) is 2.91. The first kappa shape index (κ1) is 15.0. The van der Waals surface area contributed by atoms with Crippen molar-refractivity contribution in [2.75, 3.05) is 6.61 Å². The molecule has 1 aliphatic carbocycles. The van der Waals surface area contributed by atoms with Gasteiger partial charge in [-0.3, -0.25) is 0 Å². The van der Waals surface area contributed by atoms with E-state index in [1.165, 1.54) is 11.1 Å². The second-order valence-electron chi connectivity index (χ2n) is 6.19. The van der Waals surface area contributed by atoms with Crippen molar-refractivity contribution < 1.29 is 4.74 Å². The SMILES string of the molecule is CCOC1CC(NCc2ccc(C#N)cc2C)C1(C)C. The molecule has 1 aromatic carbocycles. The maximum Gasteiger partial charge on any atom is 0.0991 e. The number of aryl methyl sites for hydroxylation is 1. The van der Waals surface area contributed by atoms with Gasteiger partial charge in [-0.15, -0.1) is 0 Å². The van der Waals surface area contributed by atoms with E-state index in [0.29, 0.717) is 12.1 Å². The van der Waals surface area contributed by atoms with Gasteiger partial charge in [-0.25, -0.2) is 0 Å². The van der Waals surface area contributed by atoms with Gasteiger partial charge in [-0.2, -0.15) is 5.26 Å². The molecule has 0 amide bonds. The number of nitrogens with one attached hydrogen (secondary N) is 1. The number of rotatable bonds is 5. The van der Waals surface area contributed by atoms with E-state index in [4.69, 9.17) is 10.00 Å². The van der Waals surface area contributed by atoms with Crippen LogP contribution in [0.5, 0.6) is 0 Å². The van der Waals surface area contributed by atoms with E-state index >= 15 is 0 Å². The monoisotopic (exact) mass is 272 g/mol. The third kappa shape index (κ3) is 2.87. The molecule has 0 radical (unpaired) electrons. The molecule has 0 aromatic heterocycles. The first-order chi connectivity index (χ1) is 9.48. The van der Waals surface area contributed by atoms with Gasteiger partial charge in [0, 0.05) is 24.6 Å². The fourth-order valence-electron chi connectivity index (χ4n) is 2.91. The van der Waals surface area contributed by atoms with Gasteiger partial charge in [0.1, 0.15) is 0 Å². The maximum absolute atomic E-state index is 8.89. The molecule has 2 atom stereocenters. The number of hydrogen-bond acceptors (Lipinski definition) is 3. The minimum atomic E-state index is 0.191. The largest absolute Gasteiger partial charge is 0.378 e. The summed E-state index contributed by atoms with van der Waals surface area (Å²) in [5.41, 5.74) is 3.36. The van der Waals surface area contributed by atoms with Crippen molar-refractivity contribution >= 4 is 0 Å². The molecule has 0 heterocycles. The Bertz CT molecular complexity index is 516. The third-order valence-electron chi connectivity index (χ3n) is 4.56. The number of hydrogen-bond donors (Lipinski definition) is 1. The summed E-state index contributed by atoms with van der Waals surface area (Å²) in [4.78, 5) is 0. The van der Waals surface area contributed by atoms with Crippen molar-refractivity contribution in [3.05, 3.63) is 34.9 Å². The highest BCUT2D eigenvalue weighted by Gasteiger charge is 2.48. The number of ether oxygens (including phenoxy) is 1. The van der Waals surface area contributed by atoms with Gasteiger partial charge in [0.2, 0.25) is 0 Å². The first-order valence-corrected chi connectivity index (χ1v) is 7.33. The highest BCUT2D eigenvalue weighted by molar-refractivity contribution is 5.37. The summed E-state index contributed by atoms with van der Waals surface area (Å²) in [6, 6.07) is 8.56. The van der Waals surface area contributed by atoms with E-state index in [9.17, 15) is 0 Å². The summed E-state index contributed by atoms with van der Waals surface area (Å²) in [6.07, 6.45) is 1.45. The Labute approximate surface area is 121 Å². The smallest absolute Gasteiger partial charge is 0.0991 e. The minimum Gasteiger partial charge on any atom is -0.378 e. The van der Waals surface area contributed by atoms with Crippen LogP contribution in [0.15, 0.2) is 18.2 Å². The molecule has 0 bridgehead atoms. The third-order valence-corrected chi connectivity index (χ3v) is 4.56. The predicted octanol–water partition coefficient (Wildman–Crippen LogP) is 3.16. The second-order valence-corrected chi connectivity index (χ2v) is 6.19. The van der Waals surface area contributed by atoms with E-state index in [1.807, 2.05) is 18.2 Å². The molecule has 2 unspecified atom stereocenters. The molecule has 20 heavy (non-hydrogen) atoms. The Kier molecular flexibility index (Phi) is 4.47. The summed E-state index contributed by atoms with van der Waals surface area (Å²) in [6.45, 7) is 10.3. The Morgan fingerprint density at radius 1 is 1.45 bits per heavy atom. The van der Waals surface area contributed by atoms with Crippen LogP contribution in [0.3, 0.4) is 0 Å². The summed E-state index contributed by atoms with van der Waals surface area (Å²) in [7, 11) is 0. The highest BCUT2D eigenvalue weighted by atomic mass is 16.5. The molecule has 3 heteroatoms. The van der Waals surface area contributed by atoms with E-state index in [0.717, 1.165) is 25.1 Å². The molecule has 0 spiro atoms. The molecule has 1 saturated carbocycles. The molecular formula is C17H24N2O. The normalized spacial score (nSPS) is 23.9. The standard InChI is InChI=1S/C17H24N2O/c1-5-20-16-9-15(17(16,3)4)19-11-14-7-6-13(10-18)8-12(14)2/h6-8,15-16,19H,5,9,11H2,1-4H3. The van der Waals surface area contributed by atoms with E-state index in [1.54, 1.807) is 0 Å². The van der Waals surface area contributed by atoms with Crippen molar-refractivity contribution in [3.8, 4) is 6.07 Å². The topological polar surface area (TPSA) is 45.0 Å². The maximum atomic E-state index is 8.89. The van der Waals surface area contributed by atoms with Crippen LogP contribution in [0.1, 0.15) is 43.9 Å². The lowest BCUT2D eigenvalue weighted by Gasteiger charge is -2.52. The van der Waals surface area contributed by atoms with E-state index < -0.39 is 0 Å². The summed E-state index contributed by atoms with van der Waals surface area (Å²) in [5, 5.41) is 12.5. The van der Waals surface area contributed by atoms with Crippen molar-refractivity contribution in [2.24, 2.45) is 5.41 Å². The van der Waals surface area contributed by atoms with Gasteiger partial charge in [0.25, 0.3) is 0 Å². The molecule has 3 nitrogen and oxygen atoms in total. The van der Waals surface area contributed by atoms with Gasteiger partial charge in [0.05, 0.1) is 17.7 Å². The van der Waals surface area contributed by atoms with E-state index in [-0.39, 0.29) is 5.41 Å². The van der Waals surface area contributed by atoms with Crippen LogP contribution in [0.4, 0.5) is 0 Å². The van der Waals surface area contributed by atoms with Gasteiger partial charge >= 0.3 is 0 Å². The summed E-state index contributed by atoms with van der Waals surface area (Å²) in [5.74, 6) is 0. The Morgan fingerprint density at radius 3 is 2.75 bits per heavy atom. The van der Waals surface area contributed by atoms with Gasteiger partial charge < -0.3 is 10.1 Å². The van der Waals surface area contributed by atoms with Crippen LogP contribution in [0, 0.1) is 23.7 Å². The number of benzene rings is 1. The minimum absolute atomic E-state index is 0.191. The second kappa shape index (κ2) is 5.95. The number of nitrogens with zero attached hydrogens (tertiary/aromatic N) is 1. The molecule has 0 saturated heterocycles. The average molecular weight is 272 g/mol. The molecule has 1 aliphatic rings. The molecule has 1 N–H and O–H groups in total. The lowest BCUT2D eigenvalue weighted by molar-refractivity contribution is -0.114. The van der Waals surface area contributed by atoms with Gasteiger partial charge in [0.15, 0.2) is 0 Å². The van der Waals surface area contributed by atoms with Crippen molar-refractivity contribution in [1.82, 2.24) is 5.32 Å². The highest BCUT2D eigenvalue weighted by Crippen LogP contribution is 2.42. The summed E-state index contributed by atoms with van der Waals surface area (Å²) >= 11 is 0. The molecule has 1 fully saturated rings. The molecular weight excluding hydrogens is 248 g/mol. The average Bonchev–Trinajstić information content (AvgIpc) is 2.43. The van der Waals surface area contributed by atoms with Crippen molar-refractivity contribution in [3.63, 3.8) is 0 Å². The predicted molar refractivity (Wildman–Crippen MR) is 80.3 cm³/mol. The quantitative estimate of drug-likeness (QED) is 0.895. The molecule has 1 aromatic rings. The van der Waals surface area contributed by atoms with Crippen LogP contribution in [0.2, 0.25) is 0 Å². The van der Waals surface area contributed by atoms with Crippen LogP contribution in [-0.4, -0.2) is 18.8 Å². The zero-order valence-corrected chi connectivity index (χ0v) is 12.9. The van der Waals surface area contributed by atoms with E-state index in [2.05, 4.69) is 39.1 Å². The number of nitriles is 1. The lowest BCUT2D eigenvalue weighted by Crippen LogP contribution is -2.60. The van der Waals surface area contributed by atoms with Crippen molar-refractivity contribution in [2.45, 2.75) is 52.8 Å². The Balaban J connectivity index is 1.93. The van der Waals surface area contributed by atoms with Crippen molar-refractivity contribution in [1.29, 1.82) is 5.26 Å². The first-order valence-electron chi connectivity index (χ1n) is 7.33. The zero-order chi connectivity index (χ0) is 14.8. The van der Waals surface area contributed by atoms with Crippen LogP contribution in [-0.2, 0) is 11.3 Å². The molecule has 0 aliphatic heterocycles. The van der Waals surface area contributed by atoms with Crippen LogP contribution < -0.4 is 5.32 Å². The van der Waals surface area contributed by atoms with Gasteiger partial charge in [-0.1, -0.05) is 19.9 Å². The zero-order valence-electron chi connectivity index (χ0n) is 12.9. The molecule has 108 valence electrons. The Morgan fingerprint density at radius 2 is 2.20 bits per heavy atom. The molecule has 2 rings (SSSR count). The lowest BCUT2D eigenvalue weighted by atomic mass is 9.64.